The molecule has 1 aromatic heterocycles. The number of urea groups is 1. The van der Waals surface area contributed by atoms with E-state index < -0.39 is 0 Å². The molecule has 0 aromatic carbocycles. The number of carbonyl (C=O) groups excluding carboxylic acids is 1. The lowest BCUT2D eigenvalue weighted by Crippen LogP contribution is -2.33. The number of nitrogens with zero attached hydrogens (tertiary/aromatic N) is 2. The molecule has 0 aliphatic carbocycles. The van der Waals surface area contributed by atoms with Gasteiger partial charge in [0.15, 0.2) is 0 Å². The van der Waals surface area contributed by atoms with Crippen molar-refractivity contribution in [3.05, 3.63) is 5.01 Å². The number of anilines is 1. The van der Waals surface area contributed by atoms with Crippen LogP contribution in [0.15, 0.2) is 0 Å². The lowest BCUT2D eigenvalue weighted by Gasteiger charge is -2.08. The molecule has 16 heavy (non-hydrogen) atoms. The van der Waals surface area contributed by atoms with Crippen LogP contribution in [0.3, 0.4) is 0 Å². The van der Waals surface area contributed by atoms with Gasteiger partial charge in [-0.1, -0.05) is 11.3 Å². The van der Waals surface area contributed by atoms with E-state index >= 15 is 0 Å². The zero-order chi connectivity index (χ0) is 11.4. The predicted octanol–water partition coefficient (Wildman–Crippen LogP) is 1.00. The molecule has 2 N–H and O–H groups in total. The van der Waals surface area contributed by atoms with Gasteiger partial charge in [-0.3, -0.25) is 5.32 Å². The fourth-order valence-electron chi connectivity index (χ4n) is 1.47. The third-order valence-electron chi connectivity index (χ3n) is 2.32. The first-order valence-corrected chi connectivity index (χ1v) is 5.98. The van der Waals surface area contributed by atoms with Gasteiger partial charge in [-0.2, -0.15) is 0 Å². The van der Waals surface area contributed by atoms with Crippen molar-refractivity contribution in [3.8, 4) is 0 Å². The van der Waals surface area contributed by atoms with Crippen LogP contribution in [0.1, 0.15) is 11.4 Å². The Bertz CT molecular complexity index is 362. The van der Waals surface area contributed by atoms with E-state index in [1.807, 2.05) is 6.92 Å². The minimum absolute atomic E-state index is 0.233. The Kier molecular flexibility index (Phi) is 3.68. The van der Waals surface area contributed by atoms with Crippen LogP contribution >= 0.6 is 11.3 Å². The first-order chi connectivity index (χ1) is 7.74. The van der Waals surface area contributed by atoms with E-state index in [4.69, 9.17) is 4.74 Å². The summed E-state index contributed by atoms with van der Waals surface area (Å²) in [5, 5.41) is 14.4. The summed E-state index contributed by atoms with van der Waals surface area (Å²) in [6.45, 7) is 4.02. The third-order valence-corrected chi connectivity index (χ3v) is 3.08. The largest absolute Gasteiger partial charge is 0.381 e. The van der Waals surface area contributed by atoms with Gasteiger partial charge in [0.05, 0.1) is 6.61 Å². The van der Waals surface area contributed by atoms with E-state index in [1.165, 1.54) is 11.3 Å². The highest BCUT2D eigenvalue weighted by molar-refractivity contribution is 7.15. The van der Waals surface area contributed by atoms with Crippen molar-refractivity contribution < 1.29 is 9.53 Å². The number of hydrogen-bond acceptors (Lipinski definition) is 5. The number of carbonyl (C=O) groups is 1. The molecule has 0 unspecified atom stereocenters. The molecule has 6 nitrogen and oxygen atoms in total. The standard InChI is InChI=1S/C9H14N4O2S/c1-6-12-13-9(16-6)11-8(14)10-4-7-2-3-15-5-7/h7H,2-5H2,1H3,(H2,10,11,13,14)/t7-/m1/s1. The zero-order valence-corrected chi connectivity index (χ0v) is 9.84. The molecule has 88 valence electrons. The molecule has 0 saturated carbocycles. The molecule has 0 spiro atoms. The summed E-state index contributed by atoms with van der Waals surface area (Å²) in [7, 11) is 0. The normalized spacial score (nSPS) is 19.7. The van der Waals surface area contributed by atoms with Gasteiger partial charge in [-0.15, -0.1) is 10.2 Å². The summed E-state index contributed by atoms with van der Waals surface area (Å²) in [5.74, 6) is 0.432. The first kappa shape index (κ1) is 11.3. The van der Waals surface area contributed by atoms with Gasteiger partial charge in [0.2, 0.25) is 5.13 Å². The van der Waals surface area contributed by atoms with E-state index in [2.05, 4.69) is 20.8 Å². The molecule has 1 fully saturated rings. The summed E-state index contributed by atoms with van der Waals surface area (Å²) in [5.41, 5.74) is 0. The predicted molar refractivity (Wildman–Crippen MR) is 60.6 cm³/mol. The number of nitrogens with one attached hydrogen (secondary N) is 2. The van der Waals surface area contributed by atoms with Crippen molar-refractivity contribution >= 4 is 22.5 Å². The Labute approximate surface area is 97.4 Å². The van der Waals surface area contributed by atoms with E-state index in [0.717, 1.165) is 24.6 Å². The summed E-state index contributed by atoms with van der Waals surface area (Å²) in [6.07, 6.45) is 1.01. The number of aromatic nitrogens is 2. The molecular formula is C9H14N4O2S. The average Bonchev–Trinajstić information content (AvgIpc) is 2.87. The highest BCUT2D eigenvalue weighted by atomic mass is 32.1. The Hall–Kier alpha value is -1.21. The van der Waals surface area contributed by atoms with Gasteiger partial charge < -0.3 is 10.1 Å². The third kappa shape index (κ3) is 3.14. The average molecular weight is 242 g/mol. The molecule has 7 heteroatoms. The Morgan fingerprint density at radius 3 is 3.12 bits per heavy atom. The van der Waals surface area contributed by atoms with Gasteiger partial charge in [0.25, 0.3) is 0 Å². The molecule has 2 rings (SSSR count). The van der Waals surface area contributed by atoms with Crippen molar-refractivity contribution in [1.82, 2.24) is 15.5 Å². The van der Waals surface area contributed by atoms with E-state index in [1.54, 1.807) is 0 Å². The maximum Gasteiger partial charge on any atom is 0.321 e. The molecule has 2 heterocycles. The first-order valence-electron chi connectivity index (χ1n) is 5.17. The monoisotopic (exact) mass is 242 g/mol. The fraction of sp³-hybridized carbons (Fsp3) is 0.667. The minimum atomic E-state index is -0.233. The van der Waals surface area contributed by atoms with Crippen LogP contribution in [0.25, 0.3) is 0 Å². The lowest BCUT2D eigenvalue weighted by molar-refractivity contribution is 0.185. The van der Waals surface area contributed by atoms with Gasteiger partial charge in [0.1, 0.15) is 5.01 Å². The second kappa shape index (κ2) is 5.22. The Balaban J connectivity index is 1.71. The van der Waals surface area contributed by atoms with Crippen LogP contribution in [0, 0.1) is 12.8 Å². The summed E-state index contributed by atoms with van der Waals surface area (Å²) in [6, 6.07) is -0.233. The smallest absolute Gasteiger partial charge is 0.321 e. The maximum atomic E-state index is 11.5. The SMILES string of the molecule is Cc1nnc(NC(=O)NC[C@H]2CCOC2)s1. The van der Waals surface area contributed by atoms with Gasteiger partial charge >= 0.3 is 6.03 Å². The fourth-order valence-corrected chi connectivity index (χ4v) is 2.06. The molecule has 0 bridgehead atoms. The van der Waals surface area contributed by atoms with Gasteiger partial charge in [0, 0.05) is 19.1 Å². The topological polar surface area (TPSA) is 76.1 Å². The van der Waals surface area contributed by atoms with E-state index in [9.17, 15) is 4.79 Å². The van der Waals surface area contributed by atoms with Crippen LogP contribution in [-0.2, 0) is 4.74 Å². The molecule has 1 aliphatic heterocycles. The van der Waals surface area contributed by atoms with Crippen LogP contribution < -0.4 is 10.6 Å². The number of aryl methyl sites for hydroxylation is 1. The molecule has 2 amide bonds. The summed E-state index contributed by atoms with van der Waals surface area (Å²) < 4.78 is 5.22. The molecule has 1 aliphatic rings. The quantitative estimate of drug-likeness (QED) is 0.829. The van der Waals surface area contributed by atoms with Crippen molar-refractivity contribution in [1.29, 1.82) is 0 Å². The van der Waals surface area contributed by atoms with Crippen molar-refractivity contribution in [2.45, 2.75) is 13.3 Å². The van der Waals surface area contributed by atoms with Gasteiger partial charge in [-0.05, 0) is 13.3 Å². The molecule has 1 aromatic rings. The number of rotatable bonds is 3. The molecule has 1 saturated heterocycles. The minimum Gasteiger partial charge on any atom is -0.381 e. The van der Waals surface area contributed by atoms with E-state index in [-0.39, 0.29) is 6.03 Å². The maximum absolute atomic E-state index is 11.5. The Morgan fingerprint density at radius 1 is 1.62 bits per heavy atom. The molecule has 1 atom stereocenters. The van der Waals surface area contributed by atoms with Crippen LogP contribution in [0.4, 0.5) is 9.93 Å². The van der Waals surface area contributed by atoms with Crippen LogP contribution in [0.2, 0.25) is 0 Å². The van der Waals surface area contributed by atoms with Crippen molar-refractivity contribution in [2.24, 2.45) is 5.92 Å². The summed E-state index contributed by atoms with van der Waals surface area (Å²) >= 11 is 1.36. The van der Waals surface area contributed by atoms with Gasteiger partial charge in [-0.25, -0.2) is 4.79 Å². The second-order valence-corrected chi connectivity index (χ2v) is 4.87. The van der Waals surface area contributed by atoms with Crippen LogP contribution in [-0.4, -0.2) is 36.0 Å². The highest BCUT2D eigenvalue weighted by Crippen LogP contribution is 2.13. The number of amides is 2. The van der Waals surface area contributed by atoms with Crippen molar-refractivity contribution in [3.63, 3.8) is 0 Å². The second-order valence-electron chi connectivity index (χ2n) is 3.69. The molecule has 0 radical (unpaired) electrons. The number of hydrogen-bond donors (Lipinski definition) is 2. The van der Waals surface area contributed by atoms with Crippen molar-refractivity contribution in [2.75, 3.05) is 25.1 Å². The molecular weight excluding hydrogens is 228 g/mol. The lowest BCUT2D eigenvalue weighted by atomic mass is 10.1. The Morgan fingerprint density at radius 2 is 2.50 bits per heavy atom. The highest BCUT2D eigenvalue weighted by Gasteiger charge is 2.16. The number of ether oxygens (including phenoxy) is 1. The summed E-state index contributed by atoms with van der Waals surface area (Å²) in [4.78, 5) is 11.5. The van der Waals surface area contributed by atoms with Crippen LogP contribution in [0.5, 0.6) is 0 Å². The van der Waals surface area contributed by atoms with E-state index in [0.29, 0.717) is 17.6 Å². The zero-order valence-electron chi connectivity index (χ0n) is 9.02.